The summed E-state index contributed by atoms with van der Waals surface area (Å²) in [5.41, 5.74) is 2.00. The highest BCUT2D eigenvalue weighted by atomic mass is 16.5. The molecular weight excluding hydrogens is 164 g/mol. The molecule has 0 radical (unpaired) electrons. The predicted molar refractivity (Wildman–Crippen MR) is 49.0 cm³/mol. The zero-order valence-corrected chi connectivity index (χ0v) is 7.36. The molecule has 0 bridgehead atoms. The quantitative estimate of drug-likeness (QED) is 0.610. The van der Waals surface area contributed by atoms with Crippen LogP contribution in [0.4, 0.5) is 0 Å². The van der Waals surface area contributed by atoms with Crippen molar-refractivity contribution in [1.29, 1.82) is 0 Å². The van der Waals surface area contributed by atoms with Gasteiger partial charge in [0.05, 0.1) is 0 Å². The Hall–Kier alpha value is -1.57. The molecule has 0 amide bonds. The highest BCUT2D eigenvalue weighted by Crippen LogP contribution is 2.29. The van der Waals surface area contributed by atoms with Crippen LogP contribution in [0, 0.1) is 0 Å². The lowest BCUT2D eigenvalue weighted by Gasteiger charge is -2.11. The summed E-state index contributed by atoms with van der Waals surface area (Å²) >= 11 is 0. The third kappa shape index (κ3) is 1.47. The average molecular weight is 174 g/mol. The van der Waals surface area contributed by atoms with E-state index in [0.29, 0.717) is 0 Å². The molecule has 1 aliphatic heterocycles. The van der Waals surface area contributed by atoms with Crippen LogP contribution in [0.1, 0.15) is 18.6 Å². The van der Waals surface area contributed by atoms with Gasteiger partial charge < -0.3 is 4.74 Å². The normalized spacial score (nSPS) is 21.2. The summed E-state index contributed by atoms with van der Waals surface area (Å²) in [5, 5.41) is 0. The van der Waals surface area contributed by atoms with Gasteiger partial charge in [0.15, 0.2) is 0 Å². The fourth-order valence-corrected chi connectivity index (χ4v) is 1.46. The Morgan fingerprint density at radius 3 is 2.46 bits per heavy atom. The standard InChI is InChI=1S/C11H10O2/c1-8-7-10(12)13-11(8)9-5-3-2-4-6-9/h2-7,11H,1H3. The molecule has 1 atom stereocenters. The lowest BCUT2D eigenvalue weighted by Crippen LogP contribution is -2.01. The summed E-state index contributed by atoms with van der Waals surface area (Å²) in [5.74, 6) is -0.244. The first kappa shape index (κ1) is 8.05. The minimum atomic E-state index is -0.244. The van der Waals surface area contributed by atoms with Crippen LogP contribution in [-0.4, -0.2) is 5.97 Å². The average Bonchev–Trinajstić information content (AvgIpc) is 2.47. The van der Waals surface area contributed by atoms with Crippen molar-refractivity contribution in [1.82, 2.24) is 0 Å². The van der Waals surface area contributed by atoms with Crippen molar-refractivity contribution in [2.75, 3.05) is 0 Å². The fraction of sp³-hybridized carbons (Fsp3) is 0.182. The Balaban J connectivity index is 2.30. The van der Waals surface area contributed by atoms with Crippen LogP contribution < -0.4 is 0 Å². The van der Waals surface area contributed by atoms with E-state index in [9.17, 15) is 4.79 Å². The van der Waals surface area contributed by atoms with Crippen LogP contribution in [0.25, 0.3) is 0 Å². The van der Waals surface area contributed by atoms with Crippen LogP contribution >= 0.6 is 0 Å². The molecule has 0 N–H and O–H groups in total. The van der Waals surface area contributed by atoms with Crippen molar-refractivity contribution < 1.29 is 9.53 Å². The van der Waals surface area contributed by atoms with E-state index >= 15 is 0 Å². The summed E-state index contributed by atoms with van der Waals surface area (Å²) in [6.45, 7) is 1.91. The predicted octanol–water partition coefficient (Wildman–Crippen LogP) is 2.23. The van der Waals surface area contributed by atoms with Crippen LogP contribution in [0.15, 0.2) is 42.0 Å². The highest BCUT2D eigenvalue weighted by molar-refractivity contribution is 5.85. The Morgan fingerprint density at radius 2 is 1.92 bits per heavy atom. The minimum Gasteiger partial charge on any atom is -0.450 e. The smallest absolute Gasteiger partial charge is 0.331 e. The van der Waals surface area contributed by atoms with E-state index in [4.69, 9.17) is 4.74 Å². The number of carbonyl (C=O) groups excluding carboxylic acids is 1. The van der Waals surface area contributed by atoms with Crippen LogP contribution in [0.2, 0.25) is 0 Å². The monoisotopic (exact) mass is 174 g/mol. The number of rotatable bonds is 1. The van der Waals surface area contributed by atoms with Gasteiger partial charge in [-0.3, -0.25) is 0 Å². The fourth-order valence-electron chi connectivity index (χ4n) is 1.46. The van der Waals surface area contributed by atoms with Crippen molar-refractivity contribution in [2.45, 2.75) is 13.0 Å². The van der Waals surface area contributed by atoms with E-state index < -0.39 is 0 Å². The molecule has 1 aromatic carbocycles. The lowest BCUT2D eigenvalue weighted by molar-refractivity contribution is -0.139. The van der Waals surface area contributed by atoms with Gasteiger partial charge in [0.2, 0.25) is 0 Å². The second-order valence-electron chi connectivity index (χ2n) is 3.12. The van der Waals surface area contributed by atoms with Crippen molar-refractivity contribution in [3.63, 3.8) is 0 Å². The number of hydrogen-bond donors (Lipinski definition) is 0. The summed E-state index contributed by atoms with van der Waals surface area (Å²) < 4.78 is 5.13. The summed E-state index contributed by atoms with van der Waals surface area (Å²) in [4.78, 5) is 10.9. The van der Waals surface area contributed by atoms with Crippen molar-refractivity contribution in [3.05, 3.63) is 47.5 Å². The van der Waals surface area contributed by atoms with Gasteiger partial charge in [-0.25, -0.2) is 4.79 Å². The molecule has 1 aliphatic rings. The molecule has 2 heteroatoms. The molecule has 2 nitrogen and oxygen atoms in total. The second kappa shape index (κ2) is 3.05. The first-order valence-electron chi connectivity index (χ1n) is 4.21. The zero-order chi connectivity index (χ0) is 9.26. The topological polar surface area (TPSA) is 26.3 Å². The van der Waals surface area contributed by atoms with Crippen molar-refractivity contribution >= 4 is 5.97 Å². The summed E-state index contributed by atoms with van der Waals surface area (Å²) in [6.07, 6.45) is 1.37. The van der Waals surface area contributed by atoms with Crippen molar-refractivity contribution in [3.8, 4) is 0 Å². The third-order valence-corrected chi connectivity index (χ3v) is 2.10. The summed E-state index contributed by atoms with van der Waals surface area (Å²) in [7, 11) is 0. The summed E-state index contributed by atoms with van der Waals surface area (Å²) in [6, 6.07) is 9.74. The highest BCUT2D eigenvalue weighted by Gasteiger charge is 2.23. The van der Waals surface area contributed by atoms with E-state index in [2.05, 4.69) is 0 Å². The number of ether oxygens (including phenoxy) is 1. The van der Waals surface area contributed by atoms with Gasteiger partial charge in [0.1, 0.15) is 6.10 Å². The molecule has 0 aliphatic carbocycles. The Labute approximate surface area is 76.8 Å². The molecular formula is C11H10O2. The number of cyclic esters (lactones) is 1. The maximum atomic E-state index is 10.9. The molecule has 1 unspecified atom stereocenters. The van der Waals surface area contributed by atoms with E-state index in [1.54, 1.807) is 0 Å². The Kier molecular flexibility index (Phi) is 1.89. The van der Waals surface area contributed by atoms with Gasteiger partial charge in [0.25, 0.3) is 0 Å². The molecule has 0 fully saturated rings. The van der Waals surface area contributed by atoms with Gasteiger partial charge in [-0.05, 0) is 18.1 Å². The zero-order valence-electron chi connectivity index (χ0n) is 7.36. The van der Waals surface area contributed by atoms with E-state index in [1.165, 1.54) is 6.08 Å². The first-order valence-corrected chi connectivity index (χ1v) is 4.21. The van der Waals surface area contributed by atoms with Gasteiger partial charge in [-0.1, -0.05) is 30.3 Å². The van der Waals surface area contributed by atoms with E-state index in [0.717, 1.165) is 11.1 Å². The maximum absolute atomic E-state index is 10.9. The number of carbonyl (C=O) groups is 1. The van der Waals surface area contributed by atoms with Gasteiger partial charge in [-0.2, -0.15) is 0 Å². The van der Waals surface area contributed by atoms with Gasteiger partial charge in [-0.15, -0.1) is 0 Å². The lowest BCUT2D eigenvalue weighted by atomic mass is 10.0. The SMILES string of the molecule is CC1=CC(=O)OC1c1ccccc1. The largest absolute Gasteiger partial charge is 0.450 e. The molecule has 0 aromatic heterocycles. The molecule has 0 saturated carbocycles. The molecule has 1 heterocycles. The minimum absolute atomic E-state index is 0.173. The molecule has 0 saturated heterocycles. The van der Waals surface area contributed by atoms with Crippen LogP contribution in [-0.2, 0) is 9.53 Å². The molecule has 66 valence electrons. The van der Waals surface area contributed by atoms with Crippen LogP contribution in [0.5, 0.6) is 0 Å². The Morgan fingerprint density at radius 1 is 1.23 bits per heavy atom. The number of benzene rings is 1. The molecule has 0 spiro atoms. The molecule has 2 rings (SSSR count). The van der Waals surface area contributed by atoms with Gasteiger partial charge in [0, 0.05) is 6.08 Å². The number of esters is 1. The van der Waals surface area contributed by atoms with E-state index in [-0.39, 0.29) is 12.1 Å². The van der Waals surface area contributed by atoms with E-state index in [1.807, 2.05) is 37.3 Å². The molecule has 1 aromatic rings. The first-order chi connectivity index (χ1) is 6.27. The maximum Gasteiger partial charge on any atom is 0.331 e. The third-order valence-electron chi connectivity index (χ3n) is 2.10. The Bertz CT molecular complexity index is 352. The molecule has 13 heavy (non-hydrogen) atoms. The van der Waals surface area contributed by atoms with Crippen LogP contribution in [0.3, 0.4) is 0 Å². The van der Waals surface area contributed by atoms with Crippen molar-refractivity contribution in [2.24, 2.45) is 0 Å². The number of hydrogen-bond acceptors (Lipinski definition) is 2. The van der Waals surface area contributed by atoms with Gasteiger partial charge >= 0.3 is 5.97 Å². The second-order valence-corrected chi connectivity index (χ2v) is 3.12.